The topological polar surface area (TPSA) is 15.3 Å². The molecule has 0 aliphatic carbocycles. The SMILES string of the molecule is Cc1ccc(NC(=S)N2C(C)CCCC2C)cc1Cl. The number of aryl methyl sites for hydroxylation is 1. The highest BCUT2D eigenvalue weighted by molar-refractivity contribution is 7.80. The third kappa shape index (κ3) is 3.40. The van der Waals surface area contributed by atoms with Crippen molar-refractivity contribution in [1.29, 1.82) is 0 Å². The van der Waals surface area contributed by atoms with E-state index < -0.39 is 0 Å². The van der Waals surface area contributed by atoms with Gasteiger partial charge < -0.3 is 10.2 Å². The van der Waals surface area contributed by atoms with Crippen molar-refractivity contribution in [2.45, 2.75) is 52.1 Å². The molecule has 4 heteroatoms. The highest BCUT2D eigenvalue weighted by atomic mass is 35.5. The molecule has 0 bridgehead atoms. The van der Waals surface area contributed by atoms with Gasteiger partial charge in [0.15, 0.2) is 5.11 Å². The second-order valence-corrected chi connectivity index (χ2v) is 6.22. The van der Waals surface area contributed by atoms with E-state index >= 15 is 0 Å². The highest BCUT2D eigenvalue weighted by Crippen LogP contribution is 2.25. The molecule has 1 aromatic rings. The van der Waals surface area contributed by atoms with Crippen molar-refractivity contribution >= 4 is 34.6 Å². The third-order valence-electron chi connectivity index (χ3n) is 3.85. The lowest BCUT2D eigenvalue weighted by atomic mass is 9.98. The first-order valence-electron chi connectivity index (χ1n) is 6.84. The number of likely N-dealkylation sites (tertiary alicyclic amines) is 1. The Kier molecular flexibility index (Phi) is 4.69. The summed E-state index contributed by atoms with van der Waals surface area (Å²) in [4.78, 5) is 2.31. The van der Waals surface area contributed by atoms with Crippen LogP contribution < -0.4 is 5.32 Å². The average Bonchev–Trinajstić information content (AvgIpc) is 2.33. The summed E-state index contributed by atoms with van der Waals surface area (Å²) >= 11 is 11.7. The summed E-state index contributed by atoms with van der Waals surface area (Å²) in [6, 6.07) is 6.97. The largest absolute Gasteiger partial charge is 0.344 e. The van der Waals surface area contributed by atoms with E-state index in [1.807, 2.05) is 25.1 Å². The first-order valence-corrected chi connectivity index (χ1v) is 7.63. The third-order valence-corrected chi connectivity index (χ3v) is 4.57. The summed E-state index contributed by atoms with van der Waals surface area (Å²) in [5.41, 5.74) is 2.04. The summed E-state index contributed by atoms with van der Waals surface area (Å²) in [7, 11) is 0. The number of anilines is 1. The number of rotatable bonds is 1. The highest BCUT2D eigenvalue weighted by Gasteiger charge is 2.26. The van der Waals surface area contributed by atoms with Crippen LogP contribution in [-0.2, 0) is 0 Å². The van der Waals surface area contributed by atoms with Gasteiger partial charge in [-0.2, -0.15) is 0 Å². The van der Waals surface area contributed by atoms with Crippen LogP contribution in [0.5, 0.6) is 0 Å². The Balaban J connectivity index is 2.09. The molecular weight excluding hydrogens is 276 g/mol. The van der Waals surface area contributed by atoms with Crippen LogP contribution in [0.4, 0.5) is 5.69 Å². The second-order valence-electron chi connectivity index (χ2n) is 5.43. The molecule has 1 fully saturated rings. The average molecular weight is 297 g/mol. The van der Waals surface area contributed by atoms with Gasteiger partial charge in [0.2, 0.25) is 0 Å². The quantitative estimate of drug-likeness (QED) is 0.762. The maximum atomic E-state index is 6.14. The van der Waals surface area contributed by atoms with Crippen LogP contribution in [0, 0.1) is 6.92 Å². The van der Waals surface area contributed by atoms with Crippen LogP contribution in [0.3, 0.4) is 0 Å². The van der Waals surface area contributed by atoms with Crippen LogP contribution in [0.2, 0.25) is 5.02 Å². The molecule has 2 unspecified atom stereocenters. The van der Waals surface area contributed by atoms with Crippen LogP contribution in [0.15, 0.2) is 18.2 Å². The molecule has 0 amide bonds. The fourth-order valence-electron chi connectivity index (χ4n) is 2.68. The molecule has 1 heterocycles. The first kappa shape index (κ1) is 14.6. The lowest BCUT2D eigenvalue weighted by Gasteiger charge is -2.40. The summed E-state index contributed by atoms with van der Waals surface area (Å²) in [6.45, 7) is 6.48. The first-order chi connectivity index (χ1) is 8.99. The molecule has 0 spiro atoms. The van der Waals surface area contributed by atoms with E-state index in [2.05, 4.69) is 24.1 Å². The predicted octanol–water partition coefficient (Wildman–Crippen LogP) is 4.61. The second kappa shape index (κ2) is 6.10. The van der Waals surface area contributed by atoms with Gasteiger partial charge in [-0.25, -0.2) is 0 Å². The van der Waals surface area contributed by atoms with Gasteiger partial charge in [0.05, 0.1) is 0 Å². The van der Waals surface area contributed by atoms with Crippen LogP contribution in [0.25, 0.3) is 0 Å². The Labute approximate surface area is 126 Å². The van der Waals surface area contributed by atoms with Gasteiger partial charge in [-0.15, -0.1) is 0 Å². The number of benzene rings is 1. The molecular formula is C15H21ClN2S. The predicted molar refractivity (Wildman–Crippen MR) is 87.0 cm³/mol. The molecule has 1 saturated heterocycles. The van der Waals surface area contributed by atoms with Crippen LogP contribution in [-0.4, -0.2) is 22.1 Å². The molecule has 1 aliphatic rings. The minimum absolute atomic E-state index is 0.504. The van der Waals surface area contributed by atoms with E-state index in [4.69, 9.17) is 23.8 Å². The fraction of sp³-hybridized carbons (Fsp3) is 0.533. The smallest absolute Gasteiger partial charge is 0.173 e. The molecule has 0 aromatic heterocycles. The monoisotopic (exact) mass is 296 g/mol. The minimum atomic E-state index is 0.504. The zero-order valence-electron chi connectivity index (χ0n) is 11.7. The van der Waals surface area contributed by atoms with Crippen molar-refractivity contribution in [2.24, 2.45) is 0 Å². The number of nitrogens with one attached hydrogen (secondary N) is 1. The van der Waals surface area contributed by atoms with E-state index in [0.717, 1.165) is 21.4 Å². The van der Waals surface area contributed by atoms with Gasteiger partial charge in [0.25, 0.3) is 0 Å². The fourth-order valence-corrected chi connectivity index (χ4v) is 3.34. The maximum absolute atomic E-state index is 6.14. The number of hydrogen-bond donors (Lipinski definition) is 1. The molecule has 0 radical (unpaired) electrons. The molecule has 1 aromatic carbocycles. The molecule has 2 nitrogen and oxygen atoms in total. The van der Waals surface area contributed by atoms with Crippen molar-refractivity contribution in [3.05, 3.63) is 28.8 Å². The van der Waals surface area contributed by atoms with Gasteiger partial charge in [-0.1, -0.05) is 17.7 Å². The lowest BCUT2D eigenvalue weighted by Crippen LogP contribution is -2.49. The summed E-state index contributed by atoms with van der Waals surface area (Å²) in [5, 5.41) is 4.89. The van der Waals surface area contributed by atoms with Gasteiger partial charge in [0, 0.05) is 22.8 Å². The lowest BCUT2D eigenvalue weighted by molar-refractivity contribution is 0.194. The standard InChI is InChI=1S/C15H21ClN2S/c1-10-7-8-13(9-14(10)16)17-15(19)18-11(2)5-4-6-12(18)3/h7-9,11-12H,4-6H2,1-3H3,(H,17,19). The molecule has 2 rings (SSSR count). The number of nitrogens with zero attached hydrogens (tertiary/aromatic N) is 1. The number of hydrogen-bond acceptors (Lipinski definition) is 1. The maximum Gasteiger partial charge on any atom is 0.173 e. The number of halogens is 1. The zero-order chi connectivity index (χ0) is 14.0. The Morgan fingerprint density at radius 2 is 1.95 bits per heavy atom. The normalized spacial score (nSPS) is 23.3. The van der Waals surface area contributed by atoms with Crippen molar-refractivity contribution < 1.29 is 0 Å². The minimum Gasteiger partial charge on any atom is -0.344 e. The zero-order valence-corrected chi connectivity index (χ0v) is 13.3. The molecule has 1 N–H and O–H groups in total. The molecule has 2 atom stereocenters. The Morgan fingerprint density at radius 1 is 1.32 bits per heavy atom. The van der Waals surface area contributed by atoms with Crippen molar-refractivity contribution in [2.75, 3.05) is 5.32 Å². The molecule has 19 heavy (non-hydrogen) atoms. The Bertz CT molecular complexity index is 465. The van der Waals surface area contributed by atoms with E-state index in [0.29, 0.717) is 12.1 Å². The molecule has 104 valence electrons. The summed E-state index contributed by atoms with van der Waals surface area (Å²) in [5.74, 6) is 0. The number of piperidine rings is 1. The summed E-state index contributed by atoms with van der Waals surface area (Å²) < 4.78 is 0. The van der Waals surface area contributed by atoms with Crippen molar-refractivity contribution in [3.63, 3.8) is 0 Å². The van der Waals surface area contributed by atoms with Gasteiger partial charge >= 0.3 is 0 Å². The molecule has 0 saturated carbocycles. The van der Waals surface area contributed by atoms with E-state index in [-0.39, 0.29) is 0 Å². The van der Waals surface area contributed by atoms with Gasteiger partial charge in [0.1, 0.15) is 0 Å². The van der Waals surface area contributed by atoms with E-state index in [9.17, 15) is 0 Å². The van der Waals surface area contributed by atoms with Crippen molar-refractivity contribution in [3.8, 4) is 0 Å². The van der Waals surface area contributed by atoms with Gasteiger partial charge in [-0.05, 0) is 69.9 Å². The van der Waals surface area contributed by atoms with E-state index in [1.165, 1.54) is 19.3 Å². The van der Waals surface area contributed by atoms with E-state index in [1.54, 1.807) is 0 Å². The summed E-state index contributed by atoms with van der Waals surface area (Å²) in [6.07, 6.45) is 3.71. The number of thiocarbonyl (C=S) groups is 1. The Morgan fingerprint density at radius 3 is 2.53 bits per heavy atom. The van der Waals surface area contributed by atoms with Crippen LogP contribution >= 0.6 is 23.8 Å². The Hall–Kier alpha value is -0.800. The van der Waals surface area contributed by atoms with Crippen molar-refractivity contribution in [1.82, 2.24) is 4.90 Å². The van der Waals surface area contributed by atoms with Gasteiger partial charge in [-0.3, -0.25) is 0 Å². The van der Waals surface area contributed by atoms with Crippen LogP contribution in [0.1, 0.15) is 38.7 Å². The molecule has 1 aliphatic heterocycles.